The van der Waals surface area contributed by atoms with Gasteiger partial charge < -0.3 is 9.15 Å². The number of hydrogen-bond acceptors (Lipinski definition) is 6. The maximum absolute atomic E-state index is 12.9. The van der Waals surface area contributed by atoms with Crippen molar-refractivity contribution in [2.75, 3.05) is 0 Å². The minimum Gasteiger partial charge on any atom is -0.457 e. The van der Waals surface area contributed by atoms with Gasteiger partial charge in [0, 0.05) is 11.6 Å². The van der Waals surface area contributed by atoms with Crippen LogP contribution in [0.3, 0.4) is 0 Å². The molecule has 4 aromatic rings. The molecule has 0 radical (unpaired) electrons. The van der Waals surface area contributed by atoms with E-state index in [4.69, 9.17) is 21.4 Å². The Morgan fingerprint density at radius 2 is 1.56 bits per heavy atom. The standard InChI is InChI=1S/C29H21NO4S2/c31-27-26(36-29(35)30(27)18-20-7-3-1-4-8-20)17-24-15-16-25(34-24)22-11-13-23(14-12-22)28(32)33-19-21-9-5-2-6-10-21/h1-17H,18-19H2/b26-17+. The van der Waals surface area contributed by atoms with Crippen LogP contribution in [0.25, 0.3) is 17.4 Å². The summed E-state index contributed by atoms with van der Waals surface area (Å²) in [5.41, 5.74) is 3.22. The smallest absolute Gasteiger partial charge is 0.338 e. The predicted molar refractivity (Wildman–Crippen MR) is 145 cm³/mol. The molecule has 0 aliphatic carbocycles. The molecule has 0 atom stereocenters. The van der Waals surface area contributed by atoms with Crippen molar-refractivity contribution in [2.24, 2.45) is 0 Å². The summed E-state index contributed by atoms with van der Waals surface area (Å²) in [5.74, 6) is 0.662. The van der Waals surface area contributed by atoms with Crippen molar-refractivity contribution in [1.82, 2.24) is 4.90 Å². The number of carbonyl (C=O) groups excluding carboxylic acids is 2. The lowest BCUT2D eigenvalue weighted by Crippen LogP contribution is -2.27. The number of esters is 1. The number of rotatable bonds is 7. The van der Waals surface area contributed by atoms with Crippen LogP contribution in [0.2, 0.25) is 0 Å². The van der Waals surface area contributed by atoms with Gasteiger partial charge in [-0.1, -0.05) is 96.8 Å². The van der Waals surface area contributed by atoms with Crippen LogP contribution in [0, 0.1) is 0 Å². The van der Waals surface area contributed by atoms with Crippen molar-refractivity contribution in [2.45, 2.75) is 13.2 Å². The van der Waals surface area contributed by atoms with Gasteiger partial charge in [-0.25, -0.2) is 4.79 Å². The highest BCUT2D eigenvalue weighted by Gasteiger charge is 2.32. The van der Waals surface area contributed by atoms with Crippen molar-refractivity contribution >= 4 is 46.3 Å². The van der Waals surface area contributed by atoms with E-state index in [0.29, 0.717) is 32.9 Å². The Balaban J connectivity index is 1.24. The van der Waals surface area contributed by atoms with E-state index >= 15 is 0 Å². The molecule has 5 rings (SSSR count). The van der Waals surface area contributed by atoms with Gasteiger partial charge in [-0.3, -0.25) is 9.69 Å². The third-order valence-corrected chi connectivity index (χ3v) is 6.95. The third-order valence-electron chi connectivity index (χ3n) is 5.58. The summed E-state index contributed by atoms with van der Waals surface area (Å²) in [6, 6.07) is 30.0. The van der Waals surface area contributed by atoms with E-state index in [1.807, 2.05) is 66.7 Å². The Labute approximate surface area is 218 Å². The van der Waals surface area contributed by atoms with Crippen molar-refractivity contribution in [1.29, 1.82) is 0 Å². The van der Waals surface area contributed by atoms with Crippen LogP contribution in [-0.4, -0.2) is 21.1 Å². The average molecular weight is 512 g/mol. The van der Waals surface area contributed by atoms with Gasteiger partial charge in [-0.2, -0.15) is 0 Å². The number of hydrogen-bond donors (Lipinski definition) is 0. The average Bonchev–Trinajstić information content (AvgIpc) is 3.49. The van der Waals surface area contributed by atoms with E-state index in [-0.39, 0.29) is 18.5 Å². The molecule has 0 spiro atoms. The second-order valence-electron chi connectivity index (χ2n) is 8.09. The fourth-order valence-electron chi connectivity index (χ4n) is 3.69. The Kier molecular flexibility index (Phi) is 7.11. The normalized spacial score (nSPS) is 14.4. The van der Waals surface area contributed by atoms with Gasteiger partial charge in [0.25, 0.3) is 5.91 Å². The number of nitrogens with zero attached hydrogens (tertiary/aromatic N) is 1. The molecule has 1 amide bonds. The van der Waals surface area contributed by atoms with Crippen molar-refractivity contribution in [3.63, 3.8) is 0 Å². The van der Waals surface area contributed by atoms with E-state index in [2.05, 4.69) is 0 Å². The Morgan fingerprint density at radius 3 is 2.25 bits per heavy atom. The summed E-state index contributed by atoms with van der Waals surface area (Å²) in [7, 11) is 0. The number of thiocarbonyl (C=S) groups is 1. The first-order valence-electron chi connectivity index (χ1n) is 11.3. The minimum atomic E-state index is -0.386. The molecular formula is C29H21NO4S2. The number of furan rings is 1. The molecule has 0 unspecified atom stereocenters. The van der Waals surface area contributed by atoms with Gasteiger partial charge in [-0.15, -0.1) is 0 Å². The van der Waals surface area contributed by atoms with Gasteiger partial charge in [0.1, 0.15) is 22.4 Å². The SMILES string of the molecule is O=C(OCc1ccccc1)c1ccc(-c2ccc(/C=C3/SC(=S)N(Cc4ccccc4)C3=O)o2)cc1. The fraction of sp³-hybridized carbons (Fsp3) is 0.0690. The summed E-state index contributed by atoms with van der Waals surface area (Å²) in [5, 5.41) is 0. The predicted octanol–water partition coefficient (Wildman–Crippen LogP) is 6.71. The van der Waals surface area contributed by atoms with E-state index in [1.165, 1.54) is 11.8 Å². The lowest BCUT2D eigenvalue weighted by Gasteiger charge is -2.14. The number of amides is 1. The van der Waals surface area contributed by atoms with Gasteiger partial charge in [0.15, 0.2) is 0 Å². The van der Waals surface area contributed by atoms with Crippen molar-refractivity contribution in [3.05, 3.63) is 124 Å². The van der Waals surface area contributed by atoms with E-state index in [9.17, 15) is 9.59 Å². The van der Waals surface area contributed by atoms with Crippen LogP contribution in [-0.2, 0) is 22.7 Å². The molecule has 3 aromatic carbocycles. The molecule has 178 valence electrons. The van der Waals surface area contributed by atoms with E-state index in [0.717, 1.165) is 16.7 Å². The van der Waals surface area contributed by atoms with Crippen LogP contribution >= 0.6 is 24.0 Å². The lowest BCUT2D eigenvalue weighted by molar-refractivity contribution is -0.122. The zero-order valence-corrected chi connectivity index (χ0v) is 20.8. The zero-order valence-electron chi connectivity index (χ0n) is 19.1. The quantitative estimate of drug-likeness (QED) is 0.156. The first-order valence-corrected chi connectivity index (χ1v) is 12.5. The van der Waals surface area contributed by atoms with Crippen LogP contribution < -0.4 is 0 Å². The Hall–Kier alpha value is -3.94. The maximum atomic E-state index is 12.9. The van der Waals surface area contributed by atoms with Gasteiger partial charge in [0.2, 0.25) is 0 Å². The topological polar surface area (TPSA) is 59.8 Å². The minimum absolute atomic E-state index is 0.134. The van der Waals surface area contributed by atoms with Crippen LogP contribution in [0.15, 0.2) is 106 Å². The molecule has 0 bridgehead atoms. The fourth-order valence-corrected chi connectivity index (χ4v) is 4.93. The molecule has 2 heterocycles. The maximum Gasteiger partial charge on any atom is 0.338 e. The largest absolute Gasteiger partial charge is 0.457 e. The van der Waals surface area contributed by atoms with Gasteiger partial charge in [0.05, 0.1) is 17.0 Å². The third kappa shape index (κ3) is 5.48. The summed E-state index contributed by atoms with van der Waals surface area (Å²) in [6.45, 7) is 0.660. The highest BCUT2D eigenvalue weighted by molar-refractivity contribution is 8.26. The van der Waals surface area contributed by atoms with E-state index in [1.54, 1.807) is 41.3 Å². The summed E-state index contributed by atoms with van der Waals surface area (Å²) >= 11 is 6.70. The summed E-state index contributed by atoms with van der Waals surface area (Å²) in [4.78, 5) is 27.4. The highest BCUT2D eigenvalue weighted by Crippen LogP contribution is 2.34. The van der Waals surface area contributed by atoms with E-state index < -0.39 is 0 Å². The number of benzene rings is 3. The number of ether oxygens (including phenoxy) is 1. The molecule has 1 aromatic heterocycles. The summed E-state index contributed by atoms with van der Waals surface area (Å²) in [6.07, 6.45) is 1.71. The molecule has 5 nitrogen and oxygen atoms in total. The number of thioether (sulfide) groups is 1. The Bertz CT molecular complexity index is 1430. The summed E-state index contributed by atoms with van der Waals surface area (Å²) < 4.78 is 11.9. The zero-order chi connectivity index (χ0) is 24.9. The monoisotopic (exact) mass is 511 g/mol. The Morgan fingerprint density at radius 1 is 0.889 bits per heavy atom. The molecule has 1 aliphatic heterocycles. The van der Waals surface area contributed by atoms with Gasteiger partial charge >= 0.3 is 5.97 Å². The first kappa shape index (κ1) is 23.8. The number of carbonyl (C=O) groups is 2. The molecule has 1 saturated heterocycles. The van der Waals surface area contributed by atoms with Crippen LogP contribution in [0.5, 0.6) is 0 Å². The van der Waals surface area contributed by atoms with Gasteiger partial charge in [-0.05, 0) is 35.4 Å². The molecule has 36 heavy (non-hydrogen) atoms. The van der Waals surface area contributed by atoms with Crippen molar-refractivity contribution in [3.8, 4) is 11.3 Å². The molecule has 1 aliphatic rings. The van der Waals surface area contributed by atoms with Crippen LogP contribution in [0.4, 0.5) is 0 Å². The second-order valence-corrected chi connectivity index (χ2v) is 9.77. The second kappa shape index (κ2) is 10.8. The first-order chi connectivity index (χ1) is 17.6. The molecular weight excluding hydrogens is 490 g/mol. The highest BCUT2D eigenvalue weighted by atomic mass is 32.2. The molecule has 1 fully saturated rings. The lowest BCUT2D eigenvalue weighted by atomic mass is 10.1. The van der Waals surface area contributed by atoms with Crippen LogP contribution in [0.1, 0.15) is 27.2 Å². The molecule has 0 saturated carbocycles. The van der Waals surface area contributed by atoms with Crippen molar-refractivity contribution < 1.29 is 18.7 Å². The molecule has 7 heteroatoms. The molecule has 0 N–H and O–H groups in total.